The van der Waals surface area contributed by atoms with E-state index in [1.165, 1.54) is 38.5 Å². The maximum absolute atomic E-state index is 13.8. The third-order valence-corrected chi connectivity index (χ3v) is 8.41. The first-order chi connectivity index (χ1) is 16.6. The summed E-state index contributed by atoms with van der Waals surface area (Å²) in [6, 6.07) is 25.3. The predicted molar refractivity (Wildman–Crippen MR) is 142 cm³/mol. The van der Waals surface area contributed by atoms with E-state index in [0.29, 0.717) is 0 Å². The average molecular weight is 481 g/mol. The van der Waals surface area contributed by atoms with Crippen LogP contribution in [0.3, 0.4) is 0 Å². The summed E-state index contributed by atoms with van der Waals surface area (Å²) in [5.74, 6) is 0. The topological polar surface area (TPSA) is 34.4 Å². The molecule has 0 saturated carbocycles. The normalized spacial score (nSPS) is 17.1. The fraction of sp³-hybridized carbons (Fsp3) is 0.172. The highest BCUT2D eigenvalue weighted by Gasteiger charge is 2.32. The Hall–Kier alpha value is -3.15. The highest BCUT2D eigenvalue weighted by atomic mass is 32.2. The minimum Gasteiger partial charge on any atom is -0.272 e. The van der Waals surface area contributed by atoms with E-state index in [1.807, 2.05) is 10.6 Å². The van der Waals surface area contributed by atoms with E-state index < -0.39 is 0 Å². The highest BCUT2D eigenvalue weighted by molar-refractivity contribution is 7.98. The molecule has 5 heteroatoms. The molecule has 0 amide bonds. The molecule has 168 valence electrons. The van der Waals surface area contributed by atoms with Gasteiger partial charge in [0.15, 0.2) is 4.80 Å². The minimum absolute atomic E-state index is 0.0358. The van der Waals surface area contributed by atoms with Crippen molar-refractivity contribution >= 4 is 34.9 Å². The Morgan fingerprint density at radius 3 is 2.53 bits per heavy atom. The Kier molecular flexibility index (Phi) is 5.39. The number of thioether (sulfide) groups is 1. The molecule has 1 aromatic heterocycles. The lowest BCUT2D eigenvalue weighted by atomic mass is 9.83. The fourth-order valence-corrected chi connectivity index (χ4v) is 6.33. The Labute approximate surface area is 206 Å². The number of thiazole rings is 1. The monoisotopic (exact) mass is 480 g/mol. The van der Waals surface area contributed by atoms with Crippen molar-refractivity contribution < 1.29 is 0 Å². The van der Waals surface area contributed by atoms with E-state index >= 15 is 0 Å². The second-order valence-electron chi connectivity index (χ2n) is 8.80. The zero-order valence-corrected chi connectivity index (χ0v) is 20.7. The van der Waals surface area contributed by atoms with Crippen molar-refractivity contribution in [3.05, 3.63) is 126 Å². The zero-order valence-electron chi connectivity index (χ0n) is 19.1. The van der Waals surface area contributed by atoms with E-state index in [4.69, 9.17) is 4.99 Å². The van der Waals surface area contributed by atoms with Gasteiger partial charge in [-0.1, -0.05) is 77.6 Å². The number of fused-ring (bicyclic) bond motifs is 3. The predicted octanol–water partition coefficient (Wildman–Crippen LogP) is 5.35. The van der Waals surface area contributed by atoms with Crippen LogP contribution in [0.4, 0.5) is 0 Å². The number of rotatable bonds is 3. The average Bonchev–Trinajstić information content (AvgIpc) is 3.18. The molecule has 2 aliphatic rings. The smallest absolute Gasteiger partial charge is 0.271 e. The summed E-state index contributed by atoms with van der Waals surface area (Å²) in [4.78, 5) is 20.8. The van der Waals surface area contributed by atoms with E-state index in [1.54, 1.807) is 11.8 Å². The third kappa shape index (κ3) is 3.60. The molecule has 6 rings (SSSR count). The van der Waals surface area contributed by atoms with Crippen molar-refractivity contribution in [2.75, 3.05) is 6.26 Å². The SMILES string of the molecule is CSc1ccc(/C=c2/sc3n(c2=O)C(c2ccc(C)cc2)C2=C(N=3)c3ccccc3CC2)cc1. The van der Waals surface area contributed by atoms with Crippen LogP contribution in [0.5, 0.6) is 0 Å². The van der Waals surface area contributed by atoms with Crippen molar-refractivity contribution in [2.45, 2.75) is 30.7 Å². The van der Waals surface area contributed by atoms with Crippen LogP contribution in [0, 0.1) is 6.92 Å². The van der Waals surface area contributed by atoms with E-state index in [2.05, 4.69) is 86.0 Å². The molecule has 0 fully saturated rings. The molecule has 1 aliphatic heterocycles. The van der Waals surface area contributed by atoms with E-state index in [9.17, 15) is 4.79 Å². The third-order valence-electron chi connectivity index (χ3n) is 6.68. The van der Waals surface area contributed by atoms with Crippen LogP contribution in [-0.2, 0) is 6.42 Å². The Morgan fingerprint density at radius 1 is 1.00 bits per heavy atom. The summed E-state index contributed by atoms with van der Waals surface area (Å²) in [7, 11) is 0. The number of aryl methyl sites for hydroxylation is 2. The molecule has 3 aromatic carbocycles. The number of aromatic nitrogens is 1. The number of hydrogen-bond donors (Lipinski definition) is 0. The van der Waals surface area contributed by atoms with Gasteiger partial charge in [0, 0.05) is 10.5 Å². The molecular weight excluding hydrogens is 456 g/mol. The second-order valence-corrected chi connectivity index (χ2v) is 10.7. The lowest BCUT2D eigenvalue weighted by Gasteiger charge is -2.30. The number of benzene rings is 3. The van der Waals surface area contributed by atoms with Gasteiger partial charge in [0.1, 0.15) is 0 Å². The highest BCUT2D eigenvalue weighted by Crippen LogP contribution is 2.41. The van der Waals surface area contributed by atoms with Crippen LogP contribution >= 0.6 is 23.1 Å². The van der Waals surface area contributed by atoms with Crippen molar-refractivity contribution in [3.63, 3.8) is 0 Å². The molecule has 1 unspecified atom stereocenters. The van der Waals surface area contributed by atoms with E-state index in [0.717, 1.165) is 39.0 Å². The summed E-state index contributed by atoms with van der Waals surface area (Å²) >= 11 is 3.20. The summed E-state index contributed by atoms with van der Waals surface area (Å²) in [5.41, 5.74) is 8.25. The van der Waals surface area contributed by atoms with Crippen LogP contribution in [0.15, 0.2) is 93.1 Å². The molecule has 0 bridgehead atoms. The Morgan fingerprint density at radius 2 is 1.76 bits per heavy atom. The summed E-state index contributed by atoms with van der Waals surface area (Å²) < 4.78 is 2.64. The van der Waals surface area contributed by atoms with Crippen LogP contribution in [0.1, 0.15) is 40.3 Å². The van der Waals surface area contributed by atoms with E-state index in [-0.39, 0.29) is 11.6 Å². The molecule has 0 spiro atoms. The standard InChI is InChI=1S/C29H24N2OS2/c1-18-7-11-21(12-8-18)27-24-16-13-20-5-3-4-6-23(20)26(24)30-29-31(27)28(32)25(34-29)17-19-9-14-22(33-2)15-10-19/h3-12,14-15,17,27H,13,16H2,1-2H3/b25-17+. The van der Waals surface area contributed by atoms with Crippen molar-refractivity contribution in [1.82, 2.24) is 4.57 Å². The summed E-state index contributed by atoms with van der Waals surface area (Å²) in [6.45, 7) is 2.10. The van der Waals surface area contributed by atoms with Gasteiger partial charge in [0.05, 0.1) is 16.3 Å². The number of hydrogen-bond acceptors (Lipinski definition) is 4. The van der Waals surface area contributed by atoms with Crippen LogP contribution < -0.4 is 14.9 Å². The molecule has 0 N–H and O–H groups in total. The first-order valence-corrected chi connectivity index (χ1v) is 13.5. The van der Waals surface area contributed by atoms with Crippen LogP contribution in [0.25, 0.3) is 11.8 Å². The van der Waals surface area contributed by atoms with Gasteiger partial charge in [-0.05, 0) is 66.5 Å². The van der Waals surface area contributed by atoms with Gasteiger partial charge in [-0.15, -0.1) is 11.8 Å². The van der Waals surface area contributed by atoms with Crippen LogP contribution in [-0.4, -0.2) is 10.8 Å². The van der Waals surface area contributed by atoms with Crippen molar-refractivity contribution in [3.8, 4) is 0 Å². The van der Waals surface area contributed by atoms with Gasteiger partial charge < -0.3 is 0 Å². The van der Waals surface area contributed by atoms with Gasteiger partial charge in [0.2, 0.25) is 0 Å². The molecule has 2 heterocycles. The first-order valence-electron chi connectivity index (χ1n) is 11.5. The lowest BCUT2D eigenvalue weighted by Crippen LogP contribution is -2.38. The lowest BCUT2D eigenvalue weighted by molar-refractivity contribution is 0.585. The first kappa shape index (κ1) is 21.4. The fourth-order valence-electron chi connectivity index (χ4n) is 4.92. The van der Waals surface area contributed by atoms with Crippen molar-refractivity contribution in [1.29, 1.82) is 0 Å². The van der Waals surface area contributed by atoms with Gasteiger partial charge >= 0.3 is 0 Å². The van der Waals surface area contributed by atoms with Gasteiger partial charge in [-0.3, -0.25) is 9.36 Å². The molecule has 0 saturated heterocycles. The molecular formula is C29H24N2OS2. The van der Waals surface area contributed by atoms with Crippen LogP contribution in [0.2, 0.25) is 0 Å². The quantitative estimate of drug-likeness (QED) is 0.371. The molecule has 1 atom stereocenters. The molecule has 3 nitrogen and oxygen atoms in total. The molecule has 1 aliphatic carbocycles. The molecule has 0 radical (unpaired) electrons. The van der Waals surface area contributed by atoms with Crippen molar-refractivity contribution in [2.24, 2.45) is 4.99 Å². The zero-order chi connectivity index (χ0) is 23.2. The molecule has 34 heavy (non-hydrogen) atoms. The Balaban J connectivity index is 1.59. The number of nitrogens with zero attached hydrogens (tertiary/aromatic N) is 2. The maximum atomic E-state index is 13.8. The minimum atomic E-state index is -0.124. The summed E-state index contributed by atoms with van der Waals surface area (Å²) in [5, 5.41) is 0. The second kappa shape index (κ2) is 8.57. The summed E-state index contributed by atoms with van der Waals surface area (Å²) in [6.07, 6.45) is 5.95. The largest absolute Gasteiger partial charge is 0.272 e. The van der Waals surface area contributed by atoms with Gasteiger partial charge in [-0.2, -0.15) is 0 Å². The van der Waals surface area contributed by atoms with Gasteiger partial charge in [0.25, 0.3) is 5.56 Å². The number of allylic oxidation sites excluding steroid dienone is 1. The molecule has 4 aromatic rings. The van der Waals surface area contributed by atoms with Gasteiger partial charge in [-0.25, -0.2) is 4.99 Å². The Bertz CT molecular complexity index is 1610. The maximum Gasteiger partial charge on any atom is 0.271 e.